The fourth-order valence-electron chi connectivity index (χ4n) is 0.803. The number of aliphatic hydroxyl groups is 1. The number of hydrogen-bond acceptors (Lipinski definition) is 2. The Balaban J connectivity index is 2.32. The molecule has 0 saturated carbocycles. The van der Waals surface area contributed by atoms with Gasteiger partial charge in [0.15, 0.2) is 0 Å². The Hall–Kier alpha value is -0.340. The van der Waals surface area contributed by atoms with Gasteiger partial charge < -0.3 is 9.84 Å². The summed E-state index contributed by atoms with van der Waals surface area (Å²) in [6.07, 6.45) is 2.25. The van der Waals surface area contributed by atoms with Gasteiger partial charge in [0.2, 0.25) is 0 Å². The summed E-state index contributed by atoms with van der Waals surface area (Å²) < 4.78 is 5.05. The Labute approximate surface area is 48.8 Å². The minimum Gasteiger partial charge on any atom is -0.391 e. The van der Waals surface area contributed by atoms with Crippen LogP contribution in [-0.2, 0) is 4.74 Å². The first-order valence-electron chi connectivity index (χ1n) is 2.75. The molecule has 0 spiro atoms. The van der Waals surface area contributed by atoms with E-state index in [1.807, 2.05) is 0 Å². The van der Waals surface area contributed by atoms with E-state index >= 15 is 0 Å². The molecule has 1 rings (SSSR count). The van der Waals surface area contributed by atoms with Crippen molar-refractivity contribution >= 4 is 0 Å². The van der Waals surface area contributed by atoms with Crippen LogP contribution in [0, 0.1) is 0 Å². The molecule has 0 aliphatic carbocycles. The molecule has 2 nitrogen and oxygen atoms in total. The van der Waals surface area contributed by atoms with Crippen molar-refractivity contribution in [1.29, 1.82) is 0 Å². The molecule has 0 amide bonds. The molecule has 1 heterocycles. The summed E-state index contributed by atoms with van der Waals surface area (Å²) >= 11 is 0. The standard InChI is InChI=1S/C6H10O2/c1-2-6-3-5(7)4-8-6/h2,5-7H,1,3-4H2. The van der Waals surface area contributed by atoms with Crippen LogP contribution in [0.15, 0.2) is 12.7 Å². The molecule has 0 aromatic rings. The van der Waals surface area contributed by atoms with Crippen LogP contribution in [0.25, 0.3) is 0 Å². The summed E-state index contributed by atoms with van der Waals surface area (Å²) in [5.74, 6) is 0. The highest BCUT2D eigenvalue weighted by Gasteiger charge is 2.19. The number of rotatable bonds is 1. The molecule has 1 aliphatic rings. The Kier molecular flexibility index (Phi) is 1.65. The van der Waals surface area contributed by atoms with Crippen LogP contribution in [0.5, 0.6) is 0 Å². The van der Waals surface area contributed by atoms with Gasteiger partial charge in [0.25, 0.3) is 0 Å². The van der Waals surface area contributed by atoms with Gasteiger partial charge in [-0.25, -0.2) is 0 Å². The highest BCUT2D eigenvalue weighted by atomic mass is 16.5. The topological polar surface area (TPSA) is 29.5 Å². The Bertz CT molecular complexity index is 90.5. The van der Waals surface area contributed by atoms with E-state index in [0.29, 0.717) is 13.0 Å². The van der Waals surface area contributed by atoms with Crippen LogP contribution >= 0.6 is 0 Å². The molecule has 2 unspecified atom stereocenters. The van der Waals surface area contributed by atoms with Gasteiger partial charge in [-0.2, -0.15) is 0 Å². The fraction of sp³-hybridized carbons (Fsp3) is 0.667. The van der Waals surface area contributed by atoms with Gasteiger partial charge in [0.05, 0.1) is 18.8 Å². The van der Waals surface area contributed by atoms with Crippen LogP contribution in [0.2, 0.25) is 0 Å². The summed E-state index contributed by atoms with van der Waals surface area (Å²) in [6, 6.07) is 0. The van der Waals surface area contributed by atoms with Crippen molar-refractivity contribution in [3.63, 3.8) is 0 Å². The van der Waals surface area contributed by atoms with Gasteiger partial charge in [-0.3, -0.25) is 0 Å². The molecule has 0 aromatic carbocycles. The third kappa shape index (κ3) is 1.08. The molecular weight excluding hydrogens is 104 g/mol. The summed E-state index contributed by atoms with van der Waals surface area (Å²) in [7, 11) is 0. The second-order valence-corrected chi connectivity index (χ2v) is 2.00. The van der Waals surface area contributed by atoms with E-state index in [9.17, 15) is 0 Å². The molecule has 1 saturated heterocycles. The number of ether oxygens (including phenoxy) is 1. The minimum absolute atomic E-state index is 0.0880. The first-order chi connectivity index (χ1) is 3.83. The lowest BCUT2D eigenvalue weighted by molar-refractivity contribution is 0.108. The molecule has 46 valence electrons. The van der Waals surface area contributed by atoms with Crippen molar-refractivity contribution in [3.05, 3.63) is 12.7 Å². The van der Waals surface area contributed by atoms with Crippen LogP contribution in [0.3, 0.4) is 0 Å². The molecule has 0 radical (unpaired) electrons. The maximum absolute atomic E-state index is 8.86. The zero-order valence-electron chi connectivity index (χ0n) is 4.71. The van der Waals surface area contributed by atoms with Gasteiger partial charge in [0, 0.05) is 6.42 Å². The summed E-state index contributed by atoms with van der Waals surface area (Å²) in [5, 5.41) is 8.86. The van der Waals surface area contributed by atoms with E-state index in [0.717, 1.165) is 0 Å². The number of aliphatic hydroxyl groups excluding tert-OH is 1. The molecule has 8 heavy (non-hydrogen) atoms. The third-order valence-corrected chi connectivity index (χ3v) is 1.27. The Morgan fingerprint density at radius 1 is 1.75 bits per heavy atom. The summed E-state index contributed by atoms with van der Waals surface area (Å²) in [6.45, 7) is 4.01. The maximum atomic E-state index is 8.86. The maximum Gasteiger partial charge on any atom is 0.0801 e. The smallest absolute Gasteiger partial charge is 0.0801 e. The van der Waals surface area contributed by atoms with Gasteiger partial charge in [-0.05, 0) is 0 Å². The van der Waals surface area contributed by atoms with Crippen molar-refractivity contribution in [2.45, 2.75) is 18.6 Å². The zero-order valence-corrected chi connectivity index (χ0v) is 4.71. The average molecular weight is 114 g/mol. The third-order valence-electron chi connectivity index (χ3n) is 1.27. The average Bonchev–Trinajstić information content (AvgIpc) is 2.14. The zero-order chi connectivity index (χ0) is 5.98. The molecule has 0 bridgehead atoms. The van der Waals surface area contributed by atoms with E-state index in [1.165, 1.54) is 0 Å². The Morgan fingerprint density at radius 2 is 2.50 bits per heavy atom. The van der Waals surface area contributed by atoms with Gasteiger partial charge in [-0.15, -0.1) is 6.58 Å². The molecule has 2 heteroatoms. The Morgan fingerprint density at radius 3 is 2.75 bits per heavy atom. The fourth-order valence-corrected chi connectivity index (χ4v) is 0.803. The van der Waals surface area contributed by atoms with Crippen LogP contribution in [-0.4, -0.2) is 23.9 Å². The normalized spacial score (nSPS) is 37.6. The first-order valence-corrected chi connectivity index (χ1v) is 2.75. The SMILES string of the molecule is C=CC1CC(O)CO1. The second-order valence-electron chi connectivity index (χ2n) is 2.00. The molecule has 1 fully saturated rings. The van der Waals surface area contributed by atoms with Crippen molar-refractivity contribution in [3.8, 4) is 0 Å². The van der Waals surface area contributed by atoms with E-state index in [4.69, 9.17) is 9.84 Å². The van der Waals surface area contributed by atoms with E-state index in [2.05, 4.69) is 6.58 Å². The molecule has 2 atom stereocenters. The molecule has 1 aliphatic heterocycles. The lowest BCUT2D eigenvalue weighted by Gasteiger charge is -1.97. The molecule has 1 N–H and O–H groups in total. The van der Waals surface area contributed by atoms with Gasteiger partial charge in [-0.1, -0.05) is 6.08 Å². The van der Waals surface area contributed by atoms with Crippen LogP contribution < -0.4 is 0 Å². The quantitative estimate of drug-likeness (QED) is 0.497. The van der Waals surface area contributed by atoms with Crippen LogP contribution in [0.1, 0.15) is 6.42 Å². The highest BCUT2D eigenvalue weighted by molar-refractivity contribution is 4.86. The van der Waals surface area contributed by atoms with Gasteiger partial charge in [0.1, 0.15) is 0 Å². The largest absolute Gasteiger partial charge is 0.391 e. The second kappa shape index (κ2) is 2.29. The summed E-state index contributed by atoms with van der Waals surface area (Å²) in [4.78, 5) is 0. The van der Waals surface area contributed by atoms with Gasteiger partial charge >= 0.3 is 0 Å². The van der Waals surface area contributed by atoms with Crippen molar-refractivity contribution in [2.24, 2.45) is 0 Å². The predicted octanol–water partition coefficient (Wildman–Crippen LogP) is 0.322. The first kappa shape index (κ1) is 5.79. The lowest BCUT2D eigenvalue weighted by Crippen LogP contribution is -2.03. The highest BCUT2D eigenvalue weighted by Crippen LogP contribution is 2.12. The van der Waals surface area contributed by atoms with Crippen LogP contribution in [0.4, 0.5) is 0 Å². The van der Waals surface area contributed by atoms with E-state index in [-0.39, 0.29) is 12.2 Å². The lowest BCUT2D eigenvalue weighted by atomic mass is 10.2. The monoisotopic (exact) mass is 114 g/mol. The van der Waals surface area contributed by atoms with E-state index < -0.39 is 0 Å². The van der Waals surface area contributed by atoms with Crippen molar-refractivity contribution in [2.75, 3.05) is 6.61 Å². The van der Waals surface area contributed by atoms with Crippen molar-refractivity contribution < 1.29 is 9.84 Å². The molecule has 0 aromatic heterocycles. The summed E-state index contributed by atoms with van der Waals surface area (Å²) in [5.41, 5.74) is 0. The number of hydrogen-bond donors (Lipinski definition) is 1. The van der Waals surface area contributed by atoms with Crippen molar-refractivity contribution in [1.82, 2.24) is 0 Å². The van der Waals surface area contributed by atoms with E-state index in [1.54, 1.807) is 6.08 Å². The predicted molar refractivity (Wildman–Crippen MR) is 30.6 cm³/mol. The molecular formula is C6H10O2. The minimum atomic E-state index is -0.266.